The van der Waals surface area contributed by atoms with Gasteiger partial charge in [0.15, 0.2) is 0 Å². The first kappa shape index (κ1) is 14.8. The van der Waals surface area contributed by atoms with E-state index in [-0.39, 0.29) is 12.0 Å². The number of hydrogen-bond acceptors (Lipinski definition) is 5. The van der Waals surface area contributed by atoms with E-state index < -0.39 is 0 Å². The largest absolute Gasteiger partial charge is 0.479 e. The average Bonchev–Trinajstić information content (AvgIpc) is 2.79. The standard InChI is InChI=1S/C13H22N4O3/c1-10(18)8-16-4-6-17(7-5-16)13(19)11-9-15(2)14-12(11)20-3/h9-10,18H,4-8H2,1-3H3. The predicted molar refractivity (Wildman–Crippen MR) is 73.8 cm³/mol. The number of aliphatic hydroxyl groups excluding tert-OH is 1. The summed E-state index contributed by atoms with van der Waals surface area (Å²) in [7, 11) is 3.28. The maximum absolute atomic E-state index is 12.4. The van der Waals surface area contributed by atoms with Crippen molar-refractivity contribution in [3.8, 4) is 5.88 Å². The lowest BCUT2D eigenvalue weighted by Crippen LogP contribution is -2.50. The van der Waals surface area contributed by atoms with Crippen molar-refractivity contribution < 1.29 is 14.6 Å². The van der Waals surface area contributed by atoms with E-state index in [1.54, 1.807) is 29.7 Å². The summed E-state index contributed by atoms with van der Waals surface area (Å²) in [5.41, 5.74) is 0.499. The molecule has 7 nitrogen and oxygen atoms in total. The second-order valence-electron chi connectivity index (χ2n) is 5.17. The molecule has 0 bridgehead atoms. The number of carbonyl (C=O) groups excluding carboxylic acids is 1. The summed E-state index contributed by atoms with van der Waals surface area (Å²) >= 11 is 0. The SMILES string of the molecule is COc1nn(C)cc1C(=O)N1CCN(CC(C)O)CC1. The third-order valence-electron chi connectivity index (χ3n) is 3.40. The van der Waals surface area contributed by atoms with E-state index in [0.717, 1.165) is 13.1 Å². The number of ether oxygens (including phenoxy) is 1. The predicted octanol–water partition coefficient (Wildman–Crippen LogP) is -0.433. The van der Waals surface area contributed by atoms with Crippen molar-refractivity contribution in [3.63, 3.8) is 0 Å². The van der Waals surface area contributed by atoms with Crippen LogP contribution in [0.4, 0.5) is 0 Å². The number of aryl methyl sites for hydroxylation is 1. The molecular weight excluding hydrogens is 260 g/mol. The summed E-state index contributed by atoms with van der Waals surface area (Å²) in [6.07, 6.45) is 1.35. The molecule has 0 aliphatic carbocycles. The van der Waals surface area contributed by atoms with Crippen molar-refractivity contribution in [3.05, 3.63) is 11.8 Å². The lowest BCUT2D eigenvalue weighted by atomic mass is 10.2. The first-order valence-electron chi connectivity index (χ1n) is 6.78. The summed E-state index contributed by atoms with van der Waals surface area (Å²) in [6, 6.07) is 0. The summed E-state index contributed by atoms with van der Waals surface area (Å²) in [5.74, 6) is 0.315. The van der Waals surface area contributed by atoms with Gasteiger partial charge in [-0.25, -0.2) is 0 Å². The molecule has 0 saturated carbocycles. The van der Waals surface area contributed by atoms with Crippen LogP contribution in [0.25, 0.3) is 0 Å². The van der Waals surface area contributed by atoms with E-state index in [0.29, 0.717) is 31.1 Å². The Balaban J connectivity index is 1.98. The topological polar surface area (TPSA) is 70.8 Å². The Hall–Kier alpha value is -1.60. The molecule has 1 amide bonds. The van der Waals surface area contributed by atoms with Gasteiger partial charge in [-0.3, -0.25) is 14.4 Å². The van der Waals surface area contributed by atoms with Crippen LogP contribution < -0.4 is 4.74 Å². The Morgan fingerprint density at radius 3 is 2.65 bits per heavy atom. The van der Waals surface area contributed by atoms with Crippen LogP contribution in [-0.2, 0) is 7.05 Å². The number of rotatable bonds is 4. The van der Waals surface area contributed by atoms with Gasteiger partial charge in [-0.2, -0.15) is 0 Å². The number of amides is 1. The molecule has 1 atom stereocenters. The Kier molecular flexibility index (Phi) is 4.61. The van der Waals surface area contributed by atoms with E-state index in [1.165, 1.54) is 7.11 Å². The minimum Gasteiger partial charge on any atom is -0.479 e. The van der Waals surface area contributed by atoms with Gasteiger partial charge in [0.25, 0.3) is 5.91 Å². The third-order valence-corrected chi connectivity index (χ3v) is 3.40. The van der Waals surface area contributed by atoms with Crippen molar-refractivity contribution in [2.75, 3.05) is 39.8 Å². The molecule has 1 saturated heterocycles. The molecule has 1 aromatic heterocycles. The molecule has 0 radical (unpaired) electrons. The highest BCUT2D eigenvalue weighted by atomic mass is 16.5. The summed E-state index contributed by atoms with van der Waals surface area (Å²) in [6.45, 7) is 5.29. The zero-order valence-electron chi connectivity index (χ0n) is 12.2. The van der Waals surface area contributed by atoms with Gasteiger partial charge in [0.1, 0.15) is 5.56 Å². The average molecular weight is 282 g/mol. The van der Waals surface area contributed by atoms with Gasteiger partial charge < -0.3 is 14.7 Å². The highest BCUT2D eigenvalue weighted by molar-refractivity contribution is 5.96. The quantitative estimate of drug-likeness (QED) is 0.811. The molecule has 1 fully saturated rings. The number of piperazine rings is 1. The Labute approximate surface area is 118 Å². The molecule has 7 heteroatoms. The molecule has 1 N–H and O–H groups in total. The van der Waals surface area contributed by atoms with Gasteiger partial charge in [-0.05, 0) is 6.92 Å². The molecule has 20 heavy (non-hydrogen) atoms. The molecule has 1 unspecified atom stereocenters. The monoisotopic (exact) mass is 282 g/mol. The van der Waals surface area contributed by atoms with Crippen molar-refractivity contribution in [1.29, 1.82) is 0 Å². The fraction of sp³-hybridized carbons (Fsp3) is 0.692. The lowest BCUT2D eigenvalue weighted by Gasteiger charge is -2.35. The van der Waals surface area contributed by atoms with Crippen LogP contribution in [0.1, 0.15) is 17.3 Å². The van der Waals surface area contributed by atoms with Crippen LogP contribution >= 0.6 is 0 Å². The van der Waals surface area contributed by atoms with E-state index in [2.05, 4.69) is 10.00 Å². The van der Waals surface area contributed by atoms with Crippen molar-refractivity contribution in [2.24, 2.45) is 7.05 Å². The molecule has 2 rings (SSSR count). The van der Waals surface area contributed by atoms with Gasteiger partial charge in [0, 0.05) is 46.0 Å². The minimum atomic E-state index is -0.337. The molecule has 0 aromatic carbocycles. The van der Waals surface area contributed by atoms with Crippen LogP contribution in [0, 0.1) is 0 Å². The number of methoxy groups -OCH3 is 1. The normalized spacial score (nSPS) is 18.1. The number of β-amino-alcohol motifs (C(OH)–C–C–N with tert-alkyl or cyclic N) is 1. The van der Waals surface area contributed by atoms with Gasteiger partial charge in [0.2, 0.25) is 5.88 Å². The first-order chi connectivity index (χ1) is 9.51. The van der Waals surface area contributed by atoms with Crippen LogP contribution in [-0.4, -0.2) is 76.5 Å². The number of nitrogens with zero attached hydrogens (tertiary/aromatic N) is 4. The Bertz CT molecular complexity index is 464. The van der Waals surface area contributed by atoms with E-state index >= 15 is 0 Å². The van der Waals surface area contributed by atoms with Gasteiger partial charge in [0.05, 0.1) is 13.2 Å². The molecule has 1 aromatic rings. The van der Waals surface area contributed by atoms with Crippen molar-refractivity contribution in [2.45, 2.75) is 13.0 Å². The molecule has 1 aliphatic heterocycles. The number of aliphatic hydroxyl groups is 1. The van der Waals surface area contributed by atoms with Crippen molar-refractivity contribution in [1.82, 2.24) is 19.6 Å². The number of carbonyl (C=O) groups is 1. The van der Waals surface area contributed by atoms with Gasteiger partial charge in [-0.1, -0.05) is 0 Å². The van der Waals surface area contributed by atoms with Crippen LogP contribution in [0.15, 0.2) is 6.20 Å². The maximum Gasteiger partial charge on any atom is 0.261 e. The Morgan fingerprint density at radius 1 is 1.45 bits per heavy atom. The van der Waals surface area contributed by atoms with E-state index in [1.807, 2.05) is 0 Å². The third kappa shape index (κ3) is 3.29. The van der Waals surface area contributed by atoms with Crippen LogP contribution in [0.2, 0.25) is 0 Å². The minimum absolute atomic E-state index is 0.0494. The number of aromatic nitrogens is 2. The highest BCUT2D eigenvalue weighted by Gasteiger charge is 2.26. The fourth-order valence-corrected chi connectivity index (χ4v) is 2.44. The molecule has 2 heterocycles. The second-order valence-corrected chi connectivity index (χ2v) is 5.17. The highest BCUT2D eigenvalue weighted by Crippen LogP contribution is 2.18. The molecule has 112 valence electrons. The van der Waals surface area contributed by atoms with E-state index in [4.69, 9.17) is 4.74 Å². The molecule has 0 spiro atoms. The fourth-order valence-electron chi connectivity index (χ4n) is 2.44. The Morgan fingerprint density at radius 2 is 2.10 bits per heavy atom. The second kappa shape index (κ2) is 6.23. The van der Waals surface area contributed by atoms with Crippen LogP contribution in [0.5, 0.6) is 5.88 Å². The van der Waals surface area contributed by atoms with Crippen molar-refractivity contribution >= 4 is 5.91 Å². The summed E-state index contributed by atoms with van der Waals surface area (Å²) in [4.78, 5) is 16.4. The first-order valence-corrected chi connectivity index (χ1v) is 6.78. The summed E-state index contributed by atoms with van der Waals surface area (Å²) in [5, 5.41) is 13.5. The lowest BCUT2D eigenvalue weighted by molar-refractivity contribution is 0.0551. The molecule has 1 aliphatic rings. The smallest absolute Gasteiger partial charge is 0.261 e. The van der Waals surface area contributed by atoms with E-state index in [9.17, 15) is 9.90 Å². The van der Waals surface area contributed by atoms with Gasteiger partial charge >= 0.3 is 0 Å². The van der Waals surface area contributed by atoms with Crippen LogP contribution in [0.3, 0.4) is 0 Å². The molecular formula is C13H22N4O3. The zero-order chi connectivity index (χ0) is 14.7. The maximum atomic E-state index is 12.4. The zero-order valence-corrected chi connectivity index (χ0v) is 12.2. The van der Waals surface area contributed by atoms with Gasteiger partial charge in [-0.15, -0.1) is 5.10 Å². The summed E-state index contributed by atoms with van der Waals surface area (Å²) < 4.78 is 6.71. The number of hydrogen-bond donors (Lipinski definition) is 1.